The number of carbonyl (C=O) groups excluding carboxylic acids is 1. The van der Waals surface area contributed by atoms with Crippen molar-refractivity contribution in [3.8, 4) is 0 Å². The van der Waals surface area contributed by atoms with Gasteiger partial charge in [0.2, 0.25) is 0 Å². The molecule has 0 amide bonds. The SMILES string of the molecule is Nc1ccc(F)c(F)c1C(=O)OF. The van der Waals surface area contributed by atoms with Crippen molar-refractivity contribution in [2.24, 2.45) is 0 Å². The van der Waals surface area contributed by atoms with Gasteiger partial charge in [0.15, 0.2) is 11.6 Å². The highest BCUT2D eigenvalue weighted by Crippen LogP contribution is 2.19. The Hall–Kier alpha value is -1.72. The number of hydrogen-bond acceptors (Lipinski definition) is 3. The Kier molecular flexibility index (Phi) is 2.41. The Balaban J connectivity index is 3.33. The minimum absolute atomic E-state index is 0.387. The van der Waals surface area contributed by atoms with Gasteiger partial charge in [-0.05, 0) is 12.1 Å². The second kappa shape index (κ2) is 3.34. The average molecular weight is 191 g/mol. The van der Waals surface area contributed by atoms with Crippen LogP contribution < -0.4 is 5.73 Å². The summed E-state index contributed by atoms with van der Waals surface area (Å²) in [6, 6.07) is 1.66. The molecule has 0 aliphatic rings. The molecule has 1 aromatic rings. The van der Waals surface area contributed by atoms with Gasteiger partial charge in [-0.2, -0.15) is 0 Å². The first-order chi connectivity index (χ1) is 6.07. The van der Waals surface area contributed by atoms with E-state index in [-0.39, 0.29) is 5.69 Å². The van der Waals surface area contributed by atoms with Gasteiger partial charge in [0.25, 0.3) is 0 Å². The van der Waals surface area contributed by atoms with Gasteiger partial charge in [0, 0.05) is 10.2 Å². The standard InChI is InChI=1S/C7H4F3NO2/c8-3-1-2-4(11)5(6(3)9)7(12)13-10/h1-2H,11H2. The predicted molar refractivity (Wildman–Crippen MR) is 37.3 cm³/mol. The first kappa shape index (κ1) is 9.37. The third-order valence-corrected chi connectivity index (χ3v) is 1.40. The van der Waals surface area contributed by atoms with Crippen molar-refractivity contribution in [1.29, 1.82) is 0 Å². The maximum Gasteiger partial charge on any atom is 0.384 e. The van der Waals surface area contributed by atoms with Gasteiger partial charge in [-0.1, -0.05) is 0 Å². The van der Waals surface area contributed by atoms with Crippen LogP contribution in [-0.2, 0) is 4.94 Å². The molecule has 0 aliphatic heterocycles. The largest absolute Gasteiger partial charge is 0.398 e. The fourth-order valence-electron chi connectivity index (χ4n) is 0.812. The number of hydrogen-bond donors (Lipinski definition) is 1. The third kappa shape index (κ3) is 1.56. The molecule has 0 fully saturated rings. The Morgan fingerprint density at radius 2 is 2.00 bits per heavy atom. The van der Waals surface area contributed by atoms with E-state index in [0.29, 0.717) is 0 Å². The van der Waals surface area contributed by atoms with Crippen molar-refractivity contribution < 1.29 is 23.0 Å². The molecule has 0 atom stereocenters. The van der Waals surface area contributed by atoms with Crippen LogP contribution in [0.4, 0.5) is 19.0 Å². The van der Waals surface area contributed by atoms with Crippen LogP contribution in [0.1, 0.15) is 10.4 Å². The highest BCUT2D eigenvalue weighted by atomic mass is 19.3. The Morgan fingerprint density at radius 1 is 1.38 bits per heavy atom. The lowest BCUT2D eigenvalue weighted by Crippen LogP contribution is -2.08. The monoisotopic (exact) mass is 191 g/mol. The van der Waals surface area contributed by atoms with Gasteiger partial charge >= 0.3 is 5.97 Å². The quantitative estimate of drug-likeness (QED) is 0.685. The zero-order valence-corrected chi connectivity index (χ0v) is 6.18. The molecule has 1 aromatic carbocycles. The Morgan fingerprint density at radius 3 is 2.54 bits per heavy atom. The molecule has 6 heteroatoms. The second-order valence-corrected chi connectivity index (χ2v) is 2.19. The van der Waals surface area contributed by atoms with Gasteiger partial charge in [0.1, 0.15) is 5.56 Å². The molecule has 0 aliphatic carbocycles. The maximum atomic E-state index is 12.8. The number of carbonyl (C=O) groups is 1. The van der Waals surface area contributed by atoms with Crippen LogP contribution in [0, 0.1) is 11.6 Å². The topological polar surface area (TPSA) is 52.3 Å². The summed E-state index contributed by atoms with van der Waals surface area (Å²) in [5, 5.41) is 0. The molecule has 3 nitrogen and oxygen atoms in total. The number of nitrogens with two attached hydrogens (primary N) is 1. The molecular weight excluding hydrogens is 187 g/mol. The second-order valence-electron chi connectivity index (χ2n) is 2.19. The molecule has 2 N–H and O–H groups in total. The molecule has 0 unspecified atom stereocenters. The van der Waals surface area contributed by atoms with Crippen molar-refractivity contribution >= 4 is 11.7 Å². The highest BCUT2D eigenvalue weighted by Gasteiger charge is 2.20. The van der Waals surface area contributed by atoms with E-state index in [4.69, 9.17) is 5.73 Å². The van der Waals surface area contributed by atoms with E-state index in [1.807, 2.05) is 0 Å². The summed E-state index contributed by atoms with van der Waals surface area (Å²) in [5.74, 6) is -4.48. The lowest BCUT2D eigenvalue weighted by Gasteiger charge is -2.02. The highest BCUT2D eigenvalue weighted by molar-refractivity contribution is 5.94. The first-order valence-corrected chi connectivity index (χ1v) is 3.14. The van der Waals surface area contributed by atoms with Crippen molar-refractivity contribution in [1.82, 2.24) is 0 Å². The fourth-order valence-corrected chi connectivity index (χ4v) is 0.812. The Labute approximate surface area is 70.8 Å². The first-order valence-electron chi connectivity index (χ1n) is 3.14. The van der Waals surface area contributed by atoms with Crippen LogP contribution in [0.15, 0.2) is 12.1 Å². The molecule has 1 rings (SSSR count). The van der Waals surface area contributed by atoms with Crippen LogP contribution >= 0.6 is 0 Å². The van der Waals surface area contributed by atoms with Crippen LogP contribution in [0.5, 0.6) is 0 Å². The summed E-state index contributed by atoms with van der Waals surface area (Å²) in [5.41, 5.74) is 3.76. The summed E-state index contributed by atoms with van der Waals surface area (Å²) < 4.78 is 36.6. The maximum absolute atomic E-state index is 12.8. The lowest BCUT2D eigenvalue weighted by atomic mass is 10.1. The van der Waals surface area contributed by atoms with Crippen molar-refractivity contribution in [2.75, 3.05) is 5.73 Å². The van der Waals surface area contributed by atoms with E-state index in [9.17, 15) is 18.1 Å². The molecule has 13 heavy (non-hydrogen) atoms. The van der Waals surface area contributed by atoms with Crippen LogP contribution in [-0.4, -0.2) is 5.97 Å². The van der Waals surface area contributed by atoms with E-state index in [1.165, 1.54) is 0 Å². The molecule has 0 heterocycles. The summed E-state index contributed by atoms with van der Waals surface area (Å²) >= 11 is 0. The number of rotatable bonds is 1. The average Bonchev–Trinajstić information content (AvgIpc) is 2.12. The zero-order chi connectivity index (χ0) is 10.0. The molecule has 0 saturated heterocycles. The number of halogens is 3. The van der Waals surface area contributed by atoms with Gasteiger partial charge in [-0.25, -0.2) is 18.5 Å². The van der Waals surface area contributed by atoms with Crippen LogP contribution in [0.3, 0.4) is 0 Å². The predicted octanol–water partition coefficient (Wildman–Crippen LogP) is 1.59. The van der Waals surface area contributed by atoms with E-state index in [0.717, 1.165) is 12.1 Å². The molecular formula is C7H4F3NO2. The summed E-state index contributed by atoms with van der Waals surface area (Å²) in [4.78, 5) is 13.3. The number of benzene rings is 1. The number of anilines is 1. The Bertz CT molecular complexity index is 354. The van der Waals surface area contributed by atoms with Crippen molar-refractivity contribution in [3.05, 3.63) is 29.3 Å². The molecule has 70 valence electrons. The minimum Gasteiger partial charge on any atom is -0.398 e. The van der Waals surface area contributed by atoms with E-state index >= 15 is 0 Å². The summed E-state index contributed by atoms with van der Waals surface area (Å²) in [6.07, 6.45) is 0. The van der Waals surface area contributed by atoms with E-state index in [2.05, 4.69) is 4.94 Å². The van der Waals surface area contributed by atoms with Gasteiger partial charge < -0.3 is 5.73 Å². The van der Waals surface area contributed by atoms with E-state index in [1.54, 1.807) is 0 Å². The smallest absolute Gasteiger partial charge is 0.384 e. The van der Waals surface area contributed by atoms with Gasteiger partial charge in [-0.3, -0.25) is 0 Å². The van der Waals surface area contributed by atoms with Crippen molar-refractivity contribution in [2.45, 2.75) is 0 Å². The normalized spacial score (nSPS) is 9.77. The summed E-state index contributed by atoms with van der Waals surface area (Å²) in [7, 11) is 0. The van der Waals surface area contributed by atoms with Crippen molar-refractivity contribution in [3.63, 3.8) is 0 Å². The lowest BCUT2D eigenvalue weighted by molar-refractivity contribution is -0.0791. The fraction of sp³-hybridized carbons (Fsp3) is 0. The zero-order valence-electron chi connectivity index (χ0n) is 6.18. The van der Waals surface area contributed by atoms with E-state index < -0.39 is 23.2 Å². The number of nitrogen functional groups attached to an aromatic ring is 1. The molecule has 0 bridgehead atoms. The molecule has 0 radical (unpaired) electrons. The molecule has 0 saturated carbocycles. The molecule has 0 spiro atoms. The van der Waals surface area contributed by atoms with Crippen LogP contribution in [0.25, 0.3) is 0 Å². The van der Waals surface area contributed by atoms with Crippen LogP contribution in [0.2, 0.25) is 0 Å². The minimum atomic E-state index is -1.66. The summed E-state index contributed by atoms with van der Waals surface area (Å²) in [6.45, 7) is 0. The molecule has 0 aromatic heterocycles. The van der Waals surface area contributed by atoms with Gasteiger partial charge in [-0.15, -0.1) is 0 Å². The van der Waals surface area contributed by atoms with Gasteiger partial charge in [0.05, 0.1) is 0 Å². The third-order valence-electron chi connectivity index (χ3n) is 1.40.